The van der Waals surface area contributed by atoms with Crippen LogP contribution < -0.4 is 10.1 Å². The first-order chi connectivity index (χ1) is 15.2. The lowest BCUT2D eigenvalue weighted by atomic mass is 9.97. The van der Waals surface area contributed by atoms with Crippen LogP contribution in [0, 0.1) is 6.92 Å². The molecule has 1 amide bonds. The minimum atomic E-state index is -0.253. The van der Waals surface area contributed by atoms with Gasteiger partial charge in [-0.25, -0.2) is 0 Å². The topological polar surface area (TPSA) is 38.3 Å². The number of carbonyl (C=O) groups excluding carboxylic acids is 1. The predicted octanol–water partition coefficient (Wildman–Crippen LogP) is 6.09. The van der Waals surface area contributed by atoms with E-state index in [0.29, 0.717) is 17.9 Å². The van der Waals surface area contributed by atoms with Gasteiger partial charge >= 0.3 is 0 Å². The maximum atomic E-state index is 13.3. The molecule has 0 aliphatic carbocycles. The first-order valence-electron chi connectivity index (χ1n) is 10.4. The third-order valence-electron chi connectivity index (χ3n) is 5.19. The minimum absolute atomic E-state index is 0.168. The second-order valence-corrected chi connectivity index (χ2v) is 7.50. The summed E-state index contributed by atoms with van der Waals surface area (Å²) in [4.78, 5) is 13.3. The van der Waals surface area contributed by atoms with Crippen LogP contribution >= 0.6 is 0 Å². The Morgan fingerprint density at radius 2 is 1.32 bits per heavy atom. The summed E-state index contributed by atoms with van der Waals surface area (Å²) in [5.74, 6) is 0.401. The lowest BCUT2D eigenvalue weighted by Gasteiger charge is -2.21. The van der Waals surface area contributed by atoms with Crippen LogP contribution in [0.3, 0.4) is 0 Å². The number of amides is 1. The molecule has 0 saturated heterocycles. The number of hydrogen-bond acceptors (Lipinski definition) is 2. The van der Waals surface area contributed by atoms with Gasteiger partial charge in [-0.05, 0) is 35.7 Å². The monoisotopic (exact) mass is 407 g/mol. The van der Waals surface area contributed by atoms with E-state index in [1.165, 1.54) is 5.56 Å². The second-order valence-electron chi connectivity index (χ2n) is 7.50. The Morgan fingerprint density at radius 1 is 0.742 bits per heavy atom. The van der Waals surface area contributed by atoms with Gasteiger partial charge in [0.2, 0.25) is 0 Å². The number of benzene rings is 4. The number of hydrogen-bond donors (Lipinski definition) is 1. The molecule has 0 bridgehead atoms. The Hall–Kier alpha value is -3.85. The summed E-state index contributed by atoms with van der Waals surface area (Å²) in [7, 11) is 0. The Labute approximate surface area is 183 Å². The average molecular weight is 408 g/mol. The molecule has 0 heterocycles. The van der Waals surface area contributed by atoms with E-state index < -0.39 is 0 Å². The van der Waals surface area contributed by atoms with Crippen LogP contribution in [0.1, 0.15) is 38.7 Å². The van der Waals surface area contributed by atoms with Crippen LogP contribution in [0.2, 0.25) is 0 Å². The molecule has 3 nitrogen and oxygen atoms in total. The maximum Gasteiger partial charge on any atom is 0.255 e. The first kappa shape index (κ1) is 20.4. The van der Waals surface area contributed by atoms with Crippen molar-refractivity contribution in [2.24, 2.45) is 0 Å². The molecule has 0 radical (unpaired) electrons. The Bertz CT molecular complexity index is 1120. The van der Waals surface area contributed by atoms with Crippen LogP contribution in [0.15, 0.2) is 109 Å². The quantitative estimate of drug-likeness (QED) is 0.402. The second kappa shape index (κ2) is 9.77. The molecule has 4 aromatic carbocycles. The van der Waals surface area contributed by atoms with Gasteiger partial charge in [-0.2, -0.15) is 0 Å². The first-order valence-corrected chi connectivity index (χ1v) is 10.4. The third-order valence-corrected chi connectivity index (χ3v) is 5.19. The van der Waals surface area contributed by atoms with Gasteiger partial charge in [-0.15, -0.1) is 0 Å². The van der Waals surface area contributed by atoms with Gasteiger partial charge < -0.3 is 10.1 Å². The van der Waals surface area contributed by atoms with E-state index in [9.17, 15) is 4.79 Å². The molecule has 154 valence electrons. The molecule has 0 aromatic heterocycles. The van der Waals surface area contributed by atoms with Crippen molar-refractivity contribution in [3.63, 3.8) is 0 Å². The lowest BCUT2D eigenvalue weighted by Crippen LogP contribution is -2.29. The van der Waals surface area contributed by atoms with Crippen LogP contribution in [0.5, 0.6) is 5.75 Å². The summed E-state index contributed by atoms with van der Waals surface area (Å²) in [5, 5.41) is 3.20. The van der Waals surface area contributed by atoms with Crippen LogP contribution in [-0.4, -0.2) is 5.91 Å². The molecule has 0 aliphatic rings. The fourth-order valence-corrected chi connectivity index (χ4v) is 3.49. The van der Waals surface area contributed by atoms with Crippen molar-refractivity contribution in [1.82, 2.24) is 5.32 Å². The van der Waals surface area contributed by atoms with Gasteiger partial charge in [-0.3, -0.25) is 4.79 Å². The molecule has 3 heteroatoms. The smallest absolute Gasteiger partial charge is 0.255 e. The van der Waals surface area contributed by atoms with Crippen molar-refractivity contribution in [2.45, 2.75) is 19.6 Å². The van der Waals surface area contributed by atoms with Crippen molar-refractivity contribution in [3.05, 3.63) is 137 Å². The summed E-state index contributed by atoms with van der Waals surface area (Å²) in [5.41, 5.74) is 4.82. The molecule has 0 fully saturated rings. The average Bonchev–Trinajstić information content (AvgIpc) is 2.83. The fraction of sp³-hybridized carbons (Fsp3) is 0.107. The minimum Gasteiger partial charge on any atom is -0.488 e. The van der Waals surface area contributed by atoms with Gasteiger partial charge in [-0.1, -0.05) is 103 Å². The summed E-state index contributed by atoms with van der Waals surface area (Å²) in [6.45, 7) is 2.46. The van der Waals surface area contributed by atoms with Crippen molar-refractivity contribution < 1.29 is 9.53 Å². The van der Waals surface area contributed by atoms with E-state index in [1.807, 2.05) is 78.9 Å². The lowest BCUT2D eigenvalue weighted by molar-refractivity contribution is 0.0938. The van der Waals surface area contributed by atoms with E-state index in [-0.39, 0.29) is 11.9 Å². The van der Waals surface area contributed by atoms with E-state index in [1.54, 1.807) is 6.07 Å². The van der Waals surface area contributed by atoms with Gasteiger partial charge in [0.05, 0.1) is 11.6 Å². The molecule has 4 aromatic rings. The van der Waals surface area contributed by atoms with E-state index in [4.69, 9.17) is 4.74 Å². The highest BCUT2D eigenvalue weighted by Gasteiger charge is 2.20. The molecule has 0 saturated carbocycles. The molecular weight excluding hydrogens is 382 g/mol. The van der Waals surface area contributed by atoms with Crippen molar-refractivity contribution >= 4 is 5.91 Å². The van der Waals surface area contributed by atoms with Crippen LogP contribution in [0.25, 0.3) is 0 Å². The Morgan fingerprint density at radius 3 is 2.03 bits per heavy atom. The van der Waals surface area contributed by atoms with Crippen LogP contribution in [-0.2, 0) is 6.61 Å². The summed E-state index contributed by atoms with van der Waals surface area (Å²) < 4.78 is 5.99. The third kappa shape index (κ3) is 5.20. The zero-order chi connectivity index (χ0) is 21.5. The van der Waals surface area contributed by atoms with Gasteiger partial charge in [0, 0.05) is 0 Å². The fourth-order valence-electron chi connectivity index (χ4n) is 3.49. The number of aryl methyl sites for hydroxylation is 1. The number of nitrogens with one attached hydrogen (secondary N) is 1. The molecule has 1 atom stereocenters. The van der Waals surface area contributed by atoms with Crippen LogP contribution in [0.4, 0.5) is 0 Å². The number of carbonyl (C=O) groups is 1. The summed E-state index contributed by atoms with van der Waals surface area (Å²) in [6, 6.07) is 35.3. The Balaban J connectivity index is 1.58. The summed E-state index contributed by atoms with van der Waals surface area (Å²) in [6.07, 6.45) is 0. The number of para-hydroxylation sites is 1. The van der Waals surface area contributed by atoms with Gasteiger partial charge in [0.25, 0.3) is 5.91 Å². The van der Waals surface area contributed by atoms with Gasteiger partial charge in [0.15, 0.2) is 0 Å². The molecule has 4 rings (SSSR count). The normalized spacial score (nSPS) is 11.5. The molecule has 1 N–H and O–H groups in total. The standard InChI is InChI=1S/C28H25NO2/c1-21-16-18-24(19-17-21)27(23-12-6-3-7-13-23)29-28(30)25-14-8-9-15-26(25)31-20-22-10-4-2-5-11-22/h2-19,27H,20H2,1H3,(H,29,30)/t27-/m0/s1. The maximum absolute atomic E-state index is 13.3. The largest absolute Gasteiger partial charge is 0.488 e. The van der Waals surface area contributed by atoms with Crippen molar-refractivity contribution in [2.75, 3.05) is 0 Å². The number of ether oxygens (including phenoxy) is 1. The SMILES string of the molecule is Cc1ccc([C@@H](NC(=O)c2ccccc2OCc2ccccc2)c2ccccc2)cc1. The highest BCUT2D eigenvalue weighted by atomic mass is 16.5. The zero-order valence-electron chi connectivity index (χ0n) is 17.5. The highest BCUT2D eigenvalue weighted by molar-refractivity contribution is 5.97. The Kier molecular flexibility index (Phi) is 6.44. The molecular formula is C28H25NO2. The van der Waals surface area contributed by atoms with E-state index in [2.05, 4.69) is 36.5 Å². The number of rotatable bonds is 7. The van der Waals surface area contributed by atoms with E-state index >= 15 is 0 Å². The van der Waals surface area contributed by atoms with Crippen molar-refractivity contribution in [1.29, 1.82) is 0 Å². The summed E-state index contributed by atoms with van der Waals surface area (Å²) >= 11 is 0. The highest BCUT2D eigenvalue weighted by Crippen LogP contribution is 2.25. The van der Waals surface area contributed by atoms with E-state index in [0.717, 1.165) is 16.7 Å². The van der Waals surface area contributed by atoms with Crippen molar-refractivity contribution in [3.8, 4) is 5.75 Å². The zero-order valence-corrected chi connectivity index (χ0v) is 17.5. The molecule has 0 unspecified atom stereocenters. The van der Waals surface area contributed by atoms with Gasteiger partial charge in [0.1, 0.15) is 12.4 Å². The molecule has 0 spiro atoms. The molecule has 0 aliphatic heterocycles. The predicted molar refractivity (Wildman–Crippen MR) is 124 cm³/mol. The molecule has 31 heavy (non-hydrogen) atoms.